The smallest absolute Gasteiger partial charge is 0.303 e. The van der Waals surface area contributed by atoms with Gasteiger partial charge < -0.3 is 9.47 Å². The van der Waals surface area contributed by atoms with Gasteiger partial charge in [0.25, 0.3) is 0 Å². The molecule has 0 heterocycles. The summed E-state index contributed by atoms with van der Waals surface area (Å²) in [7, 11) is 0. The molecule has 23 heavy (non-hydrogen) atoms. The first-order chi connectivity index (χ1) is 11.0. The van der Waals surface area contributed by atoms with E-state index in [9.17, 15) is 9.59 Å². The molecule has 5 heteroatoms. The van der Waals surface area contributed by atoms with Gasteiger partial charge in [0.05, 0.1) is 0 Å². The highest BCUT2D eigenvalue weighted by atomic mass is 79.9. The number of rotatable bonds is 2. The van der Waals surface area contributed by atoms with Crippen LogP contribution in [0.1, 0.15) is 42.3 Å². The summed E-state index contributed by atoms with van der Waals surface area (Å²) < 4.78 is 11.0. The van der Waals surface area contributed by atoms with Crippen LogP contribution in [0.25, 0.3) is 10.8 Å². The first-order valence-electron chi connectivity index (χ1n) is 7.47. The molecule has 120 valence electrons. The van der Waals surface area contributed by atoms with Crippen LogP contribution in [0.15, 0.2) is 36.4 Å². The zero-order chi connectivity index (χ0) is 16.6. The van der Waals surface area contributed by atoms with Crippen LogP contribution in [0.5, 0.6) is 0 Å². The number of hydrogen-bond acceptors (Lipinski definition) is 4. The van der Waals surface area contributed by atoms with Gasteiger partial charge in [-0.3, -0.25) is 9.59 Å². The molecule has 0 spiro atoms. The average Bonchev–Trinajstić information content (AvgIpc) is 2.49. The molecule has 4 nitrogen and oxygen atoms in total. The van der Waals surface area contributed by atoms with E-state index in [1.165, 1.54) is 13.8 Å². The molecule has 0 amide bonds. The first-order valence-corrected chi connectivity index (χ1v) is 8.39. The predicted octanol–water partition coefficient (Wildman–Crippen LogP) is 4.22. The summed E-state index contributed by atoms with van der Waals surface area (Å²) in [4.78, 5) is 23.1. The maximum Gasteiger partial charge on any atom is 0.303 e. The van der Waals surface area contributed by atoms with Crippen molar-refractivity contribution in [1.82, 2.24) is 0 Å². The van der Waals surface area contributed by atoms with Gasteiger partial charge in [0.1, 0.15) is 6.10 Å². The normalized spacial score (nSPS) is 23.2. The molecular weight excluding hydrogens is 360 g/mol. The molecule has 0 aromatic heterocycles. The summed E-state index contributed by atoms with van der Waals surface area (Å²) in [6.45, 7) is 2.74. The number of halogens is 1. The fourth-order valence-corrected chi connectivity index (χ4v) is 3.95. The van der Waals surface area contributed by atoms with E-state index in [1.54, 1.807) is 0 Å². The monoisotopic (exact) mass is 376 g/mol. The van der Waals surface area contributed by atoms with E-state index in [-0.39, 0.29) is 16.8 Å². The molecule has 0 N–H and O–H groups in total. The summed E-state index contributed by atoms with van der Waals surface area (Å²) >= 11 is 3.67. The van der Waals surface area contributed by atoms with Crippen LogP contribution < -0.4 is 0 Å². The molecule has 1 aliphatic carbocycles. The number of carbonyl (C=O) groups is 2. The van der Waals surface area contributed by atoms with E-state index in [0.717, 1.165) is 21.9 Å². The minimum Gasteiger partial charge on any atom is -0.458 e. The van der Waals surface area contributed by atoms with Crippen LogP contribution in [-0.2, 0) is 19.1 Å². The van der Waals surface area contributed by atoms with E-state index in [2.05, 4.69) is 22.0 Å². The summed E-state index contributed by atoms with van der Waals surface area (Å²) in [6, 6.07) is 12.0. The van der Waals surface area contributed by atoms with Crippen LogP contribution in [0.2, 0.25) is 0 Å². The van der Waals surface area contributed by atoms with Crippen molar-refractivity contribution in [3.05, 3.63) is 47.5 Å². The highest BCUT2D eigenvalue weighted by molar-refractivity contribution is 9.09. The number of hydrogen-bond donors (Lipinski definition) is 0. The minimum atomic E-state index is -0.591. The van der Waals surface area contributed by atoms with Crippen molar-refractivity contribution in [1.29, 1.82) is 0 Å². The fourth-order valence-electron chi connectivity index (χ4n) is 3.18. The third-order valence-electron chi connectivity index (χ3n) is 4.01. The van der Waals surface area contributed by atoms with Gasteiger partial charge in [-0.15, -0.1) is 0 Å². The molecule has 2 aromatic carbocycles. The Bertz CT molecular complexity index is 771. The highest BCUT2D eigenvalue weighted by Crippen LogP contribution is 2.46. The standard InChI is InChI=1S/C18H17BrO4/c1-10(20)22-16-9-15(19)14-8-7-12-5-3-4-6-13(12)17(14)18(16)23-11(2)21/h3-8,15-16,18H,9H2,1-2H3. The maximum absolute atomic E-state index is 11.6. The third-order valence-corrected chi connectivity index (χ3v) is 4.88. The maximum atomic E-state index is 11.6. The first kappa shape index (κ1) is 16.0. The Morgan fingerprint density at radius 3 is 2.43 bits per heavy atom. The Balaban J connectivity index is 2.19. The van der Waals surface area contributed by atoms with Crippen LogP contribution >= 0.6 is 15.9 Å². The molecule has 0 saturated heterocycles. The lowest BCUT2D eigenvalue weighted by Gasteiger charge is -2.35. The number of benzene rings is 2. The molecule has 2 aromatic rings. The zero-order valence-electron chi connectivity index (χ0n) is 12.9. The van der Waals surface area contributed by atoms with E-state index in [4.69, 9.17) is 9.47 Å². The van der Waals surface area contributed by atoms with Crippen LogP contribution in [0.4, 0.5) is 0 Å². The molecule has 1 aliphatic rings. The molecule has 3 atom stereocenters. The van der Waals surface area contributed by atoms with Gasteiger partial charge in [-0.25, -0.2) is 0 Å². The van der Waals surface area contributed by atoms with E-state index in [0.29, 0.717) is 6.42 Å². The summed E-state index contributed by atoms with van der Waals surface area (Å²) in [6.07, 6.45) is -0.534. The molecule has 0 saturated carbocycles. The lowest BCUT2D eigenvalue weighted by molar-refractivity contribution is -0.167. The number of alkyl halides is 1. The van der Waals surface area contributed by atoms with E-state index in [1.807, 2.05) is 30.3 Å². The van der Waals surface area contributed by atoms with Crippen LogP contribution in [0, 0.1) is 0 Å². The van der Waals surface area contributed by atoms with Crippen molar-refractivity contribution < 1.29 is 19.1 Å². The largest absolute Gasteiger partial charge is 0.458 e. The predicted molar refractivity (Wildman–Crippen MR) is 90.3 cm³/mol. The second-order valence-corrected chi connectivity index (χ2v) is 6.78. The van der Waals surface area contributed by atoms with Crippen molar-refractivity contribution in [3.63, 3.8) is 0 Å². The number of carbonyl (C=O) groups excluding carboxylic acids is 2. The van der Waals surface area contributed by atoms with Crippen LogP contribution in [0.3, 0.4) is 0 Å². The lowest BCUT2D eigenvalue weighted by Crippen LogP contribution is -2.33. The topological polar surface area (TPSA) is 52.6 Å². The number of fused-ring (bicyclic) bond motifs is 3. The molecule has 0 fully saturated rings. The second-order valence-electron chi connectivity index (χ2n) is 5.67. The van der Waals surface area contributed by atoms with Gasteiger partial charge in [-0.1, -0.05) is 52.3 Å². The summed E-state index contributed by atoms with van der Waals surface area (Å²) in [5.41, 5.74) is 1.98. The minimum absolute atomic E-state index is 0.0401. The third kappa shape index (κ3) is 3.11. The van der Waals surface area contributed by atoms with E-state index >= 15 is 0 Å². The van der Waals surface area contributed by atoms with Crippen molar-refractivity contribution in [3.8, 4) is 0 Å². The molecule has 0 bridgehead atoms. The Labute approximate surface area is 142 Å². The Kier molecular flexibility index (Phi) is 4.39. The van der Waals surface area contributed by atoms with Crippen molar-refractivity contribution in [2.24, 2.45) is 0 Å². The Hall–Kier alpha value is -1.88. The van der Waals surface area contributed by atoms with Crippen molar-refractivity contribution >= 4 is 38.6 Å². The van der Waals surface area contributed by atoms with Gasteiger partial charge in [0, 0.05) is 30.7 Å². The van der Waals surface area contributed by atoms with Gasteiger partial charge in [-0.05, 0) is 16.3 Å². The summed E-state index contributed by atoms with van der Waals surface area (Å²) in [5.74, 6) is -0.769. The SMILES string of the molecule is CC(=O)OC1CC(Br)c2ccc3ccccc3c2C1OC(C)=O. The van der Waals surface area contributed by atoms with Gasteiger partial charge in [-0.2, -0.15) is 0 Å². The highest BCUT2D eigenvalue weighted by Gasteiger charge is 2.39. The Morgan fingerprint density at radius 1 is 1.04 bits per heavy atom. The molecule has 3 rings (SSSR count). The lowest BCUT2D eigenvalue weighted by atomic mass is 9.83. The molecule has 3 unspecified atom stereocenters. The Morgan fingerprint density at radius 2 is 1.74 bits per heavy atom. The van der Waals surface area contributed by atoms with Gasteiger partial charge in [0.15, 0.2) is 6.10 Å². The summed E-state index contributed by atoms with van der Waals surface area (Å²) in [5, 5.41) is 2.07. The second kappa shape index (κ2) is 6.32. The van der Waals surface area contributed by atoms with Gasteiger partial charge >= 0.3 is 11.9 Å². The molecule has 0 radical (unpaired) electrons. The van der Waals surface area contributed by atoms with Crippen molar-refractivity contribution in [2.45, 2.75) is 37.3 Å². The number of ether oxygens (including phenoxy) is 2. The average molecular weight is 377 g/mol. The zero-order valence-corrected chi connectivity index (χ0v) is 14.5. The molecule has 0 aliphatic heterocycles. The quantitative estimate of drug-likeness (QED) is 0.581. The number of esters is 2. The van der Waals surface area contributed by atoms with Crippen LogP contribution in [-0.4, -0.2) is 18.0 Å². The molecular formula is C18H17BrO4. The van der Waals surface area contributed by atoms with E-state index < -0.39 is 12.2 Å². The van der Waals surface area contributed by atoms with Crippen molar-refractivity contribution in [2.75, 3.05) is 0 Å². The fraction of sp³-hybridized carbons (Fsp3) is 0.333. The van der Waals surface area contributed by atoms with Gasteiger partial charge in [0.2, 0.25) is 0 Å².